The molecule has 106 valence electrons. The summed E-state index contributed by atoms with van der Waals surface area (Å²) in [6.45, 7) is 0. The lowest BCUT2D eigenvalue weighted by molar-refractivity contribution is -0.140. The molecule has 3 aromatic rings. The number of methoxy groups -OCH3 is 1. The summed E-state index contributed by atoms with van der Waals surface area (Å²) < 4.78 is 4.90. The molecule has 1 aromatic carbocycles. The van der Waals surface area contributed by atoms with Crippen LogP contribution in [0.5, 0.6) is 0 Å². The number of benzene rings is 1. The monoisotopic (exact) mass is 300 g/mol. The predicted octanol–water partition coefficient (Wildman–Crippen LogP) is 2.36. The normalized spacial score (nSPS) is 12.2. The van der Waals surface area contributed by atoms with E-state index in [4.69, 9.17) is 4.74 Å². The molecule has 2 aromatic heterocycles. The van der Waals surface area contributed by atoms with E-state index in [0.29, 0.717) is 16.2 Å². The van der Waals surface area contributed by atoms with Gasteiger partial charge in [-0.05, 0) is 5.56 Å². The van der Waals surface area contributed by atoms with Crippen molar-refractivity contribution in [2.75, 3.05) is 7.11 Å². The maximum absolute atomic E-state index is 12.1. The standard InChI is InChI=1S/C14H12N4O2S/c1-20-14(19)11(9-5-3-2-4-6-9)21-13-10-12(16-7-15-10)17-8-18-13/h2-8,11H,1H3,(H,15,16,17,18)/t11-/m1/s1. The first kappa shape index (κ1) is 13.6. The summed E-state index contributed by atoms with van der Waals surface area (Å²) in [5.41, 5.74) is 2.15. The summed E-state index contributed by atoms with van der Waals surface area (Å²) in [4.78, 5) is 27.5. The number of thioether (sulfide) groups is 1. The molecule has 7 heteroatoms. The van der Waals surface area contributed by atoms with Crippen LogP contribution in [-0.2, 0) is 9.53 Å². The number of imidazole rings is 1. The van der Waals surface area contributed by atoms with E-state index in [1.807, 2.05) is 30.3 Å². The summed E-state index contributed by atoms with van der Waals surface area (Å²) >= 11 is 1.31. The number of aromatic amines is 1. The number of nitrogens with zero attached hydrogens (tertiary/aromatic N) is 3. The van der Waals surface area contributed by atoms with Gasteiger partial charge in [0.05, 0.1) is 13.4 Å². The van der Waals surface area contributed by atoms with Crippen molar-refractivity contribution >= 4 is 28.9 Å². The minimum Gasteiger partial charge on any atom is -0.468 e. The zero-order valence-corrected chi connectivity index (χ0v) is 12.0. The van der Waals surface area contributed by atoms with Crippen LogP contribution in [0.25, 0.3) is 11.2 Å². The first-order valence-electron chi connectivity index (χ1n) is 6.23. The smallest absolute Gasteiger partial charge is 0.323 e. The Morgan fingerprint density at radius 2 is 2.05 bits per heavy atom. The Morgan fingerprint density at radius 1 is 1.24 bits per heavy atom. The number of hydrogen-bond acceptors (Lipinski definition) is 6. The molecule has 0 aliphatic heterocycles. The second kappa shape index (κ2) is 5.92. The van der Waals surface area contributed by atoms with Crippen molar-refractivity contribution in [3.05, 3.63) is 48.5 Å². The van der Waals surface area contributed by atoms with Crippen molar-refractivity contribution in [1.82, 2.24) is 19.9 Å². The first-order chi connectivity index (χ1) is 10.3. The van der Waals surface area contributed by atoms with Gasteiger partial charge in [-0.3, -0.25) is 4.79 Å². The number of carbonyl (C=O) groups excluding carboxylic acids is 1. The highest BCUT2D eigenvalue weighted by molar-refractivity contribution is 8.00. The fourth-order valence-electron chi connectivity index (χ4n) is 1.93. The maximum atomic E-state index is 12.1. The Kier molecular flexibility index (Phi) is 3.83. The lowest BCUT2D eigenvalue weighted by atomic mass is 10.1. The molecule has 0 fully saturated rings. The molecule has 1 atom stereocenters. The largest absolute Gasteiger partial charge is 0.468 e. The van der Waals surface area contributed by atoms with Crippen molar-refractivity contribution in [2.24, 2.45) is 0 Å². The lowest BCUT2D eigenvalue weighted by Gasteiger charge is -2.14. The number of rotatable bonds is 4. The Hall–Kier alpha value is -2.41. The van der Waals surface area contributed by atoms with Crippen LogP contribution in [0.15, 0.2) is 48.0 Å². The molecule has 0 aliphatic carbocycles. The third kappa shape index (κ3) is 2.73. The zero-order valence-electron chi connectivity index (χ0n) is 11.2. The van der Waals surface area contributed by atoms with E-state index in [0.717, 1.165) is 5.56 Å². The molecule has 0 saturated heterocycles. The van der Waals surface area contributed by atoms with E-state index in [1.165, 1.54) is 25.2 Å². The molecular formula is C14H12N4O2S. The van der Waals surface area contributed by atoms with Crippen molar-refractivity contribution in [2.45, 2.75) is 10.3 Å². The highest BCUT2D eigenvalue weighted by Crippen LogP contribution is 2.37. The van der Waals surface area contributed by atoms with Gasteiger partial charge in [-0.25, -0.2) is 15.0 Å². The molecule has 3 rings (SSSR count). The quantitative estimate of drug-likeness (QED) is 0.452. The number of fused-ring (bicyclic) bond motifs is 1. The van der Waals surface area contributed by atoms with E-state index in [-0.39, 0.29) is 5.97 Å². The Balaban J connectivity index is 1.99. The average molecular weight is 300 g/mol. The fraction of sp³-hybridized carbons (Fsp3) is 0.143. The maximum Gasteiger partial charge on any atom is 0.323 e. The van der Waals surface area contributed by atoms with Crippen LogP contribution < -0.4 is 0 Å². The molecule has 0 radical (unpaired) electrons. The van der Waals surface area contributed by atoms with Crippen molar-refractivity contribution in [1.29, 1.82) is 0 Å². The van der Waals surface area contributed by atoms with Gasteiger partial charge in [0.15, 0.2) is 5.65 Å². The summed E-state index contributed by atoms with van der Waals surface area (Å²) in [6, 6.07) is 9.45. The Bertz CT molecular complexity index is 760. The average Bonchev–Trinajstić information content (AvgIpc) is 3.02. The molecule has 6 nitrogen and oxygen atoms in total. The van der Waals surface area contributed by atoms with Crippen molar-refractivity contribution in [3.63, 3.8) is 0 Å². The molecular weight excluding hydrogens is 288 g/mol. The van der Waals surface area contributed by atoms with E-state index >= 15 is 0 Å². The van der Waals surface area contributed by atoms with Gasteiger partial charge in [-0.1, -0.05) is 42.1 Å². The second-order valence-electron chi connectivity index (χ2n) is 4.21. The first-order valence-corrected chi connectivity index (χ1v) is 7.11. The van der Waals surface area contributed by atoms with Gasteiger partial charge in [0.2, 0.25) is 0 Å². The van der Waals surface area contributed by atoms with Crippen LogP contribution >= 0.6 is 11.8 Å². The van der Waals surface area contributed by atoms with Gasteiger partial charge in [0, 0.05) is 0 Å². The molecule has 0 aliphatic rings. The summed E-state index contributed by atoms with van der Waals surface area (Å²) in [6.07, 6.45) is 2.99. The summed E-state index contributed by atoms with van der Waals surface area (Å²) in [5, 5.41) is 0.175. The molecule has 0 saturated carbocycles. The van der Waals surface area contributed by atoms with Crippen LogP contribution in [0.2, 0.25) is 0 Å². The summed E-state index contributed by atoms with van der Waals surface area (Å²) in [5.74, 6) is -0.322. The predicted molar refractivity (Wildman–Crippen MR) is 78.7 cm³/mol. The second-order valence-corrected chi connectivity index (χ2v) is 5.31. The zero-order chi connectivity index (χ0) is 14.7. The minimum atomic E-state index is -0.488. The van der Waals surface area contributed by atoms with Gasteiger partial charge in [-0.15, -0.1) is 0 Å². The lowest BCUT2D eigenvalue weighted by Crippen LogP contribution is -2.11. The van der Waals surface area contributed by atoms with Crippen molar-refractivity contribution in [3.8, 4) is 0 Å². The van der Waals surface area contributed by atoms with Crippen LogP contribution in [0.1, 0.15) is 10.8 Å². The number of nitrogens with one attached hydrogen (secondary N) is 1. The van der Waals surface area contributed by atoms with E-state index in [2.05, 4.69) is 19.9 Å². The molecule has 1 N–H and O–H groups in total. The van der Waals surface area contributed by atoms with Gasteiger partial charge < -0.3 is 9.72 Å². The van der Waals surface area contributed by atoms with Crippen LogP contribution in [0.4, 0.5) is 0 Å². The highest BCUT2D eigenvalue weighted by Gasteiger charge is 2.24. The van der Waals surface area contributed by atoms with Gasteiger partial charge >= 0.3 is 5.97 Å². The molecule has 0 bridgehead atoms. The molecule has 0 spiro atoms. The SMILES string of the molecule is COC(=O)[C@H](Sc1ncnc2nc[nH]c12)c1ccccc1. The molecule has 0 amide bonds. The number of carbonyl (C=O) groups is 1. The van der Waals surface area contributed by atoms with Crippen LogP contribution in [0, 0.1) is 0 Å². The highest BCUT2D eigenvalue weighted by atomic mass is 32.2. The molecule has 0 unspecified atom stereocenters. The topological polar surface area (TPSA) is 80.8 Å². The molecule has 21 heavy (non-hydrogen) atoms. The van der Waals surface area contributed by atoms with Gasteiger partial charge in [-0.2, -0.15) is 0 Å². The van der Waals surface area contributed by atoms with E-state index in [1.54, 1.807) is 6.33 Å². The van der Waals surface area contributed by atoms with Gasteiger partial charge in [0.25, 0.3) is 0 Å². The van der Waals surface area contributed by atoms with Crippen LogP contribution in [0.3, 0.4) is 0 Å². The minimum absolute atomic E-state index is 0.322. The van der Waals surface area contributed by atoms with E-state index in [9.17, 15) is 4.79 Å². The van der Waals surface area contributed by atoms with Crippen molar-refractivity contribution < 1.29 is 9.53 Å². The number of H-pyrrole nitrogens is 1. The Morgan fingerprint density at radius 3 is 2.81 bits per heavy atom. The van der Waals surface area contributed by atoms with Crippen LogP contribution in [-0.4, -0.2) is 33.0 Å². The Labute approximate surface area is 125 Å². The number of aromatic nitrogens is 4. The van der Waals surface area contributed by atoms with E-state index < -0.39 is 5.25 Å². The fourth-order valence-corrected chi connectivity index (χ4v) is 3.02. The number of esters is 1. The number of ether oxygens (including phenoxy) is 1. The third-order valence-corrected chi connectivity index (χ3v) is 4.17. The summed E-state index contributed by atoms with van der Waals surface area (Å²) in [7, 11) is 1.38. The van der Waals surface area contributed by atoms with Gasteiger partial charge in [0.1, 0.15) is 22.1 Å². The third-order valence-electron chi connectivity index (χ3n) is 2.94. The number of hydrogen-bond donors (Lipinski definition) is 1. The molecule has 2 heterocycles.